The lowest BCUT2D eigenvalue weighted by molar-refractivity contribution is -0.117. The minimum absolute atomic E-state index is 0.00794. The molecule has 1 aliphatic heterocycles. The number of nitrogens with one attached hydrogen (secondary N) is 1. The monoisotopic (exact) mass is 439 g/mol. The Morgan fingerprint density at radius 1 is 1.06 bits per heavy atom. The molecule has 1 amide bonds. The summed E-state index contributed by atoms with van der Waals surface area (Å²) < 4.78 is 11.4. The lowest BCUT2D eigenvalue weighted by Crippen LogP contribution is -2.26. The van der Waals surface area contributed by atoms with E-state index < -0.39 is 0 Å². The maximum atomic E-state index is 12.7. The Balaban J connectivity index is 1.28. The van der Waals surface area contributed by atoms with Crippen LogP contribution in [0.4, 0.5) is 5.82 Å². The molecule has 2 aromatic carbocycles. The SMILES string of the molecule is N#Cc1cc(-c2ccnc(NC(=O)[C@@H]3C[C@H]3c3ccccc3)c2)ccc1OC1CCOCC1. The van der Waals surface area contributed by atoms with Gasteiger partial charge in [0.1, 0.15) is 23.7 Å². The van der Waals surface area contributed by atoms with Gasteiger partial charge in [-0.1, -0.05) is 36.4 Å². The number of amides is 1. The maximum absolute atomic E-state index is 12.7. The van der Waals surface area contributed by atoms with Gasteiger partial charge in [-0.2, -0.15) is 5.26 Å². The minimum atomic E-state index is -0.0235. The van der Waals surface area contributed by atoms with Crippen molar-refractivity contribution >= 4 is 11.7 Å². The van der Waals surface area contributed by atoms with E-state index in [1.165, 1.54) is 5.56 Å². The van der Waals surface area contributed by atoms with Gasteiger partial charge >= 0.3 is 0 Å². The van der Waals surface area contributed by atoms with Gasteiger partial charge in [0.2, 0.25) is 5.91 Å². The summed E-state index contributed by atoms with van der Waals surface area (Å²) in [6.07, 6.45) is 4.25. The normalized spacial score (nSPS) is 20.0. The fraction of sp³-hybridized carbons (Fsp3) is 0.296. The van der Waals surface area contributed by atoms with Crippen LogP contribution in [0.1, 0.15) is 36.3 Å². The number of nitrogens with zero attached hydrogens (tertiary/aromatic N) is 2. The number of carbonyl (C=O) groups excluding carboxylic acids is 1. The van der Waals surface area contributed by atoms with Gasteiger partial charge < -0.3 is 14.8 Å². The number of carbonyl (C=O) groups is 1. The molecule has 2 heterocycles. The number of benzene rings is 2. The van der Waals surface area contributed by atoms with Gasteiger partial charge in [0.25, 0.3) is 0 Å². The van der Waals surface area contributed by atoms with Crippen molar-refractivity contribution in [3.8, 4) is 22.9 Å². The van der Waals surface area contributed by atoms with E-state index in [-0.39, 0.29) is 23.8 Å². The number of aromatic nitrogens is 1. The molecule has 0 unspecified atom stereocenters. The number of rotatable bonds is 6. The van der Waals surface area contributed by atoms with Crippen LogP contribution in [0.15, 0.2) is 66.9 Å². The van der Waals surface area contributed by atoms with Crippen LogP contribution in [-0.2, 0) is 9.53 Å². The number of nitriles is 1. The number of pyridine rings is 1. The number of ether oxygens (including phenoxy) is 2. The molecule has 6 heteroatoms. The van der Waals surface area contributed by atoms with Gasteiger partial charge in [-0.3, -0.25) is 4.79 Å². The number of hydrogen-bond acceptors (Lipinski definition) is 5. The Morgan fingerprint density at radius 3 is 2.64 bits per heavy atom. The summed E-state index contributed by atoms with van der Waals surface area (Å²) in [5.74, 6) is 1.35. The fourth-order valence-corrected chi connectivity index (χ4v) is 4.32. The molecule has 1 saturated heterocycles. The summed E-state index contributed by atoms with van der Waals surface area (Å²) in [6.45, 7) is 1.37. The maximum Gasteiger partial charge on any atom is 0.229 e. The van der Waals surface area contributed by atoms with E-state index in [0.29, 0.717) is 30.3 Å². The summed E-state index contributed by atoms with van der Waals surface area (Å²) in [7, 11) is 0. The molecule has 166 valence electrons. The van der Waals surface area contributed by atoms with Gasteiger partial charge in [-0.05, 0) is 53.3 Å². The Labute approximate surface area is 193 Å². The molecule has 2 fully saturated rings. The van der Waals surface area contributed by atoms with Crippen molar-refractivity contribution in [3.63, 3.8) is 0 Å². The molecule has 1 saturated carbocycles. The van der Waals surface area contributed by atoms with Gasteiger partial charge in [0, 0.05) is 25.0 Å². The predicted octanol–water partition coefficient (Wildman–Crippen LogP) is 4.92. The van der Waals surface area contributed by atoms with Gasteiger partial charge in [0.15, 0.2) is 0 Å². The van der Waals surface area contributed by atoms with Crippen molar-refractivity contribution in [1.29, 1.82) is 5.26 Å². The molecule has 1 aliphatic carbocycles. The second-order valence-corrected chi connectivity index (χ2v) is 8.53. The third kappa shape index (κ3) is 4.89. The van der Waals surface area contributed by atoms with Gasteiger partial charge in [-0.15, -0.1) is 0 Å². The minimum Gasteiger partial charge on any atom is -0.489 e. The van der Waals surface area contributed by atoms with E-state index in [0.717, 1.165) is 30.4 Å². The van der Waals surface area contributed by atoms with Crippen molar-refractivity contribution in [3.05, 3.63) is 78.0 Å². The second-order valence-electron chi connectivity index (χ2n) is 8.53. The Bertz CT molecular complexity index is 1180. The molecule has 5 rings (SSSR count). The standard InChI is InChI=1S/C27H25N3O3/c28-17-21-14-19(6-7-25(21)33-22-9-12-32-13-10-22)20-8-11-29-26(15-20)30-27(31)24-16-23(24)18-4-2-1-3-5-18/h1-8,11,14-15,22-24H,9-10,12-13,16H2,(H,29,30,31)/t23-,24+/m0/s1. The van der Waals surface area contributed by atoms with Crippen molar-refractivity contribution in [2.45, 2.75) is 31.3 Å². The summed E-state index contributed by atoms with van der Waals surface area (Å²) in [4.78, 5) is 17.0. The number of anilines is 1. The van der Waals surface area contributed by atoms with E-state index in [4.69, 9.17) is 9.47 Å². The van der Waals surface area contributed by atoms with Gasteiger partial charge in [0.05, 0.1) is 18.8 Å². The van der Waals surface area contributed by atoms with Gasteiger partial charge in [-0.25, -0.2) is 4.98 Å². The molecule has 2 aliphatic rings. The highest BCUT2D eigenvalue weighted by Gasteiger charge is 2.43. The molecule has 0 radical (unpaired) electrons. The van der Waals surface area contributed by atoms with Crippen LogP contribution < -0.4 is 10.1 Å². The molecule has 3 aromatic rings. The summed E-state index contributed by atoms with van der Waals surface area (Å²) >= 11 is 0. The summed E-state index contributed by atoms with van der Waals surface area (Å²) in [6, 6.07) is 21.7. The molecule has 0 bridgehead atoms. The number of hydrogen-bond donors (Lipinski definition) is 1. The zero-order chi connectivity index (χ0) is 22.6. The molecule has 2 atom stereocenters. The molecule has 0 spiro atoms. The van der Waals surface area contributed by atoms with Crippen LogP contribution in [0, 0.1) is 17.2 Å². The first-order valence-electron chi connectivity index (χ1n) is 11.3. The van der Waals surface area contributed by atoms with Crippen molar-refractivity contribution in [2.24, 2.45) is 5.92 Å². The van der Waals surface area contributed by atoms with E-state index in [9.17, 15) is 10.1 Å². The molecule has 1 N–H and O–H groups in total. The predicted molar refractivity (Wildman–Crippen MR) is 125 cm³/mol. The van der Waals surface area contributed by atoms with Crippen LogP contribution >= 0.6 is 0 Å². The first-order chi connectivity index (χ1) is 16.2. The molecule has 6 nitrogen and oxygen atoms in total. The van der Waals surface area contributed by atoms with Crippen LogP contribution in [0.2, 0.25) is 0 Å². The highest BCUT2D eigenvalue weighted by Crippen LogP contribution is 2.47. The molecule has 33 heavy (non-hydrogen) atoms. The highest BCUT2D eigenvalue weighted by atomic mass is 16.5. The van der Waals surface area contributed by atoms with Crippen molar-refractivity contribution in [2.75, 3.05) is 18.5 Å². The molecule has 1 aromatic heterocycles. The lowest BCUT2D eigenvalue weighted by atomic mass is 10.0. The third-order valence-corrected chi connectivity index (χ3v) is 6.26. The average molecular weight is 440 g/mol. The van der Waals surface area contributed by atoms with E-state index >= 15 is 0 Å². The molecular weight excluding hydrogens is 414 g/mol. The smallest absolute Gasteiger partial charge is 0.229 e. The largest absolute Gasteiger partial charge is 0.489 e. The van der Waals surface area contributed by atoms with Crippen molar-refractivity contribution < 1.29 is 14.3 Å². The Hall–Kier alpha value is -3.69. The second kappa shape index (κ2) is 9.43. The average Bonchev–Trinajstić information content (AvgIpc) is 3.67. The summed E-state index contributed by atoms with van der Waals surface area (Å²) in [5.41, 5.74) is 3.44. The Morgan fingerprint density at radius 2 is 1.85 bits per heavy atom. The first kappa shape index (κ1) is 21.2. The fourth-order valence-electron chi connectivity index (χ4n) is 4.32. The highest BCUT2D eigenvalue weighted by molar-refractivity contribution is 5.95. The molecular formula is C27H25N3O3. The van der Waals surface area contributed by atoms with Crippen LogP contribution in [0.3, 0.4) is 0 Å². The summed E-state index contributed by atoms with van der Waals surface area (Å²) in [5, 5.41) is 12.6. The Kier molecular flexibility index (Phi) is 6.05. The zero-order valence-corrected chi connectivity index (χ0v) is 18.2. The zero-order valence-electron chi connectivity index (χ0n) is 18.2. The van der Waals surface area contributed by atoms with E-state index in [1.54, 1.807) is 6.20 Å². The third-order valence-electron chi connectivity index (χ3n) is 6.26. The van der Waals surface area contributed by atoms with Crippen molar-refractivity contribution in [1.82, 2.24) is 4.98 Å². The van der Waals surface area contributed by atoms with Crippen LogP contribution in [-0.4, -0.2) is 30.2 Å². The van der Waals surface area contributed by atoms with E-state index in [1.807, 2.05) is 48.5 Å². The van der Waals surface area contributed by atoms with Crippen LogP contribution in [0.25, 0.3) is 11.1 Å². The van der Waals surface area contributed by atoms with Crippen LogP contribution in [0.5, 0.6) is 5.75 Å². The first-order valence-corrected chi connectivity index (χ1v) is 11.3. The van der Waals surface area contributed by atoms with E-state index in [2.05, 4.69) is 28.5 Å². The quantitative estimate of drug-likeness (QED) is 0.589. The lowest BCUT2D eigenvalue weighted by Gasteiger charge is -2.23. The topological polar surface area (TPSA) is 84.2 Å².